The van der Waals surface area contributed by atoms with Gasteiger partial charge in [0.1, 0.15) is 0 Å². The minimum absolute atomic E-state index is 0.0253. The van der Waals surface area contributed by atoms with E-state index in [9.17, 15) is 4.79 Å². The van der Waals surface area contributed by atoms with E-state index in [1.165, 1.54) is 25.7 Å². The Balaban J connectivity index is 2.20. The molecule has 0 unspecified atom stereocenters. The quantitative estimate of drug-likeness (QED) is 0.873. The SMILES string of the molecule is CCCc1cc(=O)[nH]c(N2CCCCCC2)n1. The first kappa shape index (κ1) is 12.1. The second-order valence-corrected chi connectivity index (χ2v) is 4.71. The fraction of sp³-hybridized carbons (Fsp3) is 0.692. The molecule has 0 spiro atoms. The van der Waals surface area contributed by atoms with Gasteiger partial charge < -0.3 is 4.90 Å². The van der Waals surface area contributed by atoms with Crippen LogP contribution in [-0.2, 0) is 6.42 Å². The minimum Gasteiger partial charge on any atom is -0.342 e. The standard InChI is InChI=1S/C13H21N3O/c1-2-7-11-10-12(17)15-13(14-11)16-8-5-3-4-6-9-16/h10H,2-9H2,1H3,(H,14,15,17). The van der Waals surface area contributed by atoms with Crippen molar-refractivity contribution in [1.82, 2.24) is 9.97 Å². The zero-order chi connectivity index (χ0) is 12.1. The van der Waals surface area contributed by atoms with E-state index in [0.29, 0.717) is 0 Å². The van der Waals surface area contributed by atoms with E-state index < -0.39 is 0 Å². The number of aryl methyl sites for hydroxylation is 1. The van der Waals surface area contributed by atoms with Crippen LogP contribution < -0.4 is 10.5 Å². The lowest BCUT2D eigenvalue weighted by molar-refractivity contribution is 0.726. The fourth-order valence-corrected chi connectivity index (χ4v) is 2.31. The van der Waals surface area contributed by atoms with Gasteiger partial charge in [0.25, 0.3) is 5.56 Å². The van der Waals surface area contributed by atoms with E-state index in [1.54, 1.807) is 6.07 Å². The first-order chi connectivity index (χ1) is 8.29. The van der Waals surface area contributed by atoms with E-state index >= 15 is 0 Å². The van der Waals surface area contributed by atoms with E-state index in [0.717, 1.165) is 37.6 Å². The first-order valence-electron chi connectivity index (χ1n) is 6.65. The van der Waals surface area contributed by atoms with E-state index in [4.69, 9.17) is 0 Å². The topological polar surface area (TPSA) is 49.0 Å². The Kier molecular flexibility index (Phi) is 4.18. The highest BCUT2D eigenvalue weighted by Crippen LogP contribution is 2.14. The molecular formula is C13H21N3O. The summed E-state index contributed by atoms with van der Waals surface area (Å²) in [5, 5.41) is 0. The largest absolute Gasteiger partial charge is 0.342 e. The van der Waals surface area contributed by atoms with Crippen LogP contribution in [0.4, 0.5) is 5.95 Å². The molecule has 1 aromatic heterocycles. The summed E-state index contributed by atoms with van der Waals surface area (Å²) in [6, 6.07) is 1.62. The zero-order valence-electron chi connectivity index (χ0n) is 10.5. The molecule has 0 amide bonds. The molecule has 94 valence electrons. The van der Waals surface area contributed by atoms with Crippen LogP contribution in [0.5, 0.6) is 0 Å². The van der Waals surface area contributed by atoms with Crippen molar-refractivity contribution in [3.05, 3.63) is 22.1 Å². The van der Waals surface area contributed by atoms with Gasteiger partial charge in [-0.15, -0.1) is 0 Å². The van der Waals surface area contributed by atoms with Gasteiger partial charge in [0.15, 0.2) is 0 Å². The summed E-state index contributed by atoms with van der Waals surface area (Å²) in [6.07, 6.45) is 6.87. The Morgan fingerprint density at radius 3 is 2.65 bits per heavy atom. The molecule has 1 aromatic rings. The van der Waals surface area contributed by atoms with Crippen LogP contribution in [-0.4, -0.2) is 23.1 Å². The van der Waals surface area contributed by atoms with Crippen LogP contribution in [0.1, 0.15) is 44.7 Å². The van der Waals surface area contributed by atoms with Crippen molar-refractivity contribution in [2.24, 2.45) is 0 Å². The van der Waals surface area contributed by atoms with Gasteiger partial charge in [-0.2, -0.15) is 0 Å². The average molecular weight is 235 g/mol. The van der Waals surface area contributed by atoms with Crippen molar-refractivity contribution in [2.45, 2.75) is 45.4 Å². The molecule has 2 heterocycles. The Morgan fingerprint density at radius 1 is 1.29 bits per heavy atom. The van der Waals surface area contributed by atoms with Gasteiger partial charge >= 0.3 is 0 Å². The Hall–Kier alpha value is -1.32. The van der Waals surface area contributed by atoms with Gasteiger partial charge in [-0.25, -0.2) is 4.98 Å². The van der Waals surface area contributed by atoms with Gasteiger partial charge in [-0.05, 0) is 19.3 Å². The van der Waals surface area contributed by atoms with Crippen molar-refractivity contribution < 1.29 is 0 Å². The molecule has 0 radical (unpaired) electrons. The molecule has 1 saturated heterocycles. The summed E-state index contributed by atoms with van der Waals surface area (Å²) in [5.41, 5.74) is 0.887. The second-order valence-electron chi connectivity index (χ2n) is 4.71. The van der Waals surface area contributed by atoms with E-state index in [-0.39, 0.29) is 5.56 Å². The molecule has 1 aliphatic rings. The normalized spacial score (nSPS) is 16.9. The number of aromatic nitrogens is 2. The van der Waals surface area contributed by atoms with E-state index in [1.807, 2.05) is 0 Å². The Labute approximate surface area is 102 Å². The maximum absolute atomic E-state index is 11.6. The molecule has 1 aliphatic heterocycles. The lowest BCUT2D eigenvalue weighted by atomic mass is 10.2. The number of aromatic amines is 1. The number of nitrogens with zero attached hydrogens (tertiary/aromatic N) is 2. The summed E-state index contributed by atoms with van der Waals surface area (Å²) < 4.78 is 0. The molecule has 1 fully saturated rings. The number of hydrogen-bond acceptors (Lipinski definition) is 3. The van der Waals surface area contributed by atoms with E-state index in [2.05, 4.69) is 21.8 Å². The molecule has 4 heteroatoms. The second kappa shape index (κ2) is 5.84. The molecule has 17 heavy (non-hydrogen) atoms. The number of nitrogens with one attached hydrogen (secondary N) is 1. The van der Waals surface area contributed by atoms with Gasteiger partial charge in [0, 0.05) is 24.8 Å². The van der Waals surface area contributed by atoms with Crippen LogP contribution in [0.15, 0.2) is 10.9 Å². The highest BCUT2D eigenvalue weighted by molar-refractivity contribution is 5.30. The first-order valence-corrected chi connectivity index (χ1v) is 6.65. The molecule has 4 nitrogen and oxygen atoms in total. The summed E-state index contributed by atoms with van der Waals surface area (Å²) in [4.78, 5) is 21.2. The predicted octanol–water partition coefficient (Wildman–Crippen LogP) is 2.10. The van der Waals surface area contributed by atoms with Crippen LogP contribution in [0.2, 0.25) is 0 Å². The smallest absolute Gasteiger partial charge is 0.252 e. The third-order valence-corrected chi connectivity index (χ3v) is 3.19. The van der Waals surface area contributed by atoms with Crippen LogP contribution in [0.3, 0.4) is 0 Å². The molecule has 0 bridgehead atoms. The predicted molar refractivity (Wildman–Crippen MR) is 69.5 cm³/mol. The summed E-state index contributed by atoms with van der Waals surface area (Å²) in [5.74, 6) is 0.767. The van der Waals surface area contributed by atoms with Crippen molar-refractivity contribution >= 4 is 5.95 Å². The van der Waals surface area contributed by atoms with Gasteiger partial charge in [-0.1, -0.05) is 26.2 Å². The average Bonchev–Trinajstić information content (AvgIpc) is 2.57. The van der Waals surface area contributed by atoms with Crippen molar-refractivity contribution in [1.29, 1.82) is 0 Å². The number of anilines is 1. The zero-order valence-corrected chi connectivity index (χ0v) is 10.5. The number of rotatable bonds is 3. The highest BCUT2D eigenvalue weighted by Gasteiger charge is 2.12. The lowest BCUT2D eigenvalue weighted by Crippen LogP contribution is -2.28. The van der Waals surface area contributed by atoms with Crippen LogP contribution >= 0.6 is 0 Å². The number of hydrogen-bond donors (Lipinski definition) is 1. The van der Waals surface area contributed by atoms with Gasteiger partial charge in [-0.3, -0.25) is 9.78 Å². The highest BCUT2D eigenvalue weighted by atomic mass is 16.1. The molecule has 1 N–H and O–H groups in total. The van der Waals surface area contributed by atoms with Gasteiger partial charge in [0.05, 0.1) is 0 Å². The maximum atomic E-state index is 11.6. The lowest BCUT2D eigenvalue weighted by Gasteiger charge is -2.20. The maximum Gasteiger partial charge on any atom is 0.252 e. The minimum atomic E-state index is -0.0253. The summed E-state index contributed by atoms with van der Waals surface area (Å²) in [6.45, 7) is 4.13. The molecular weight excluding hydrogens is 214 g/mol. The third kappa shape index (κ3) is 3.32. The Morgan fingerprint density at radius 2 is 2.00 bits per heavy atom. The Bertz CT molecular complexity index is 405. The molecule has 0 aromatic carbocycles. The summed E-state index contributed by atoms with van der Waals surface area (Å²) >= 11 is 0. The van der Waals surface area contributed by atoms with Crippen molar-refractivity contribution in [2.75, 3.05) is 18.0 Å². The van der Waals surface area contributed by atoms with Gasteiger partial charge in [0.2, 0.25) is 5.95 Å². The molecule has 0 saturated carbocycles. The monoisotopic (exact) mass is 235 g/mol. The third-order valence-electron chi connectivity index (χ3n) is 3.19. The molecule has 0 atom stereocenters. The molecule has 2 rings (SSSR count). The van der Waals surface area contributed by atoms with Crippen molar-refractivity contribution in [3.63, 3.8) is 0 Å². The molecule has 0 aliphatic carbocycles. The number of H-pyrrole nitrogens is 1. The summed E-state index contributed by atoms with van der Waals surface area (Å²) in [7, 11) is 0. The van der Waals surface area contributed by atoms with Crippen LogP contribution in [0, 0.1) is 0 Å². The fourth-order valence-electron chi connectivity index (χ4n) is 2.31. The van der Waals surface area contributed by atoms with Crippen LogP contribution in [0.25, 0.3) is 0 Å². The van der Waals surface area contributed by atoms with Crippen molar-refractivity contribution in [3.8, 4) is 0 Å².